The van der Waals surface area contributed by atoms with Crippen molar-refractivity contribution in [2.24, 2.45) is 5.92 Å². The van der Waals surface area contributed by atoms with Crippen molar-refractivity contribution >= 4 is 6.08 Å². The molecular weight excluding hydrogens is 236 g/mol. The summed E-state index contributed by atoms with van der Waals surface area (Å²) in [7, 11) is 0. The molecule has 4 heteroatoms. The zero-order valence-corrected chi connectivity index (χ0v) is 10.9. The summed E-state index contributed by atoms with van der Waals surface area (Å²) in [6.07, 6.45) is 16.5. The SMILES string of the molecule is C(=C\C1CCCCC1)/c1ccc(-n2ccnc2)nn1. The standard InChI is InChI=1S/C15H18N4/c1-2-4-13(5-3-1)6-7-14-8-9-15(18-17-14)19-11-10-16-12-19/h6-13H,1-5H2/b7-6+. The van der Waals surface area contributed by atoms with Crippen LogP contribution in [0.3, 0.4) is 0 Å². The van der Waals surface area contributed by atoms with Crippen molar-refractivity contribution in [3.05, 3.63) is 42.6 Å². The van der Waals surface area contributed by atoms with E-state index >= 15 is 0 Å². The summed E-state index contributed by atoms with van der Waals surface area (Å²) in [5.41, 5.74) is 0.925. The largest absolute Gasteiger partial charge is 0.289 e. The van der Waals surface area contributed by atoms with E-state index in [-0.39, 0.29) is 0 Å². The van der Waals surface area contributed by atoms with Gasteiger partial charge in [-0.3, -0.25) is 4.57 Å². The maximum absolute atomic E-state index is 4.23. The highest BCUT2D eigenvalue weighted by molar-refractivity contribution is 5.45. The van der Waals surface area contributed by atoms with Crippen LogP contribution in [-0.2, 0) is 0 Å². The first kappa shape index (κ1) is 12.1. The van der Waals surface area contributed by atoms with E-state index in [0.29, 0.717) is 0 Å². The van der Waals surface area contributed by atoms with E-state index in [9.17, 15) is 0 Å². The molecule has 0 amide bonds. The molecule has 0 saturated heterocycles. The molecule has 0 spiro atoms. The van der Waals surface area contributed by atoms with E-state index in [1.807, 2.05) is 22.9 Å². The number of hydrogen-bond acceptors (Lipinski definition) is 3. The van der Waals surface area contributed by atoms with E-state index in [0.717, 1.165) is 17.4 Å². The zero-order chi connectivity index (χ0) is 12.9. The molecule has 0 N–H and O–H groups in total. The van der Waals surface area contributed by atoms with Gasteiger partial charge in [0.1, 0.15) is 6.33 Å². The molecule has 0 aliphatic heterocycles. The molecule has 1 fully saturated rings. The lowest BCUT2D eigenvalue weighted by Gasteiger charge is -2.17. The van der Waals surface area contributed by atoms with Crippen LogP contribution in [0, 0.1) is 5.92 Å². The molecule has 1 aliphatic rings. The van der Waals surface area contributed by atoms with Gasteiger partial charge in [0.2, 0.25) is 0 Å². The molecule has 19 heavy (non-hydrogen) atoms. The normalized spacial score (nSPS) is 17.1. The van der Waals surface area contributed by atoms with Crippen LogP contribution in [0.25, 0.3) is 11.9 Å². The predicted molar refractivity (Wildman–Crippen MR) is 74.8 cm³/mol. The van der Waals surface area contributed by atoms with Gasteiger partial charge in [-0.2, -0.15) is 0 Å². The predicted octanol–water partition coefficient (Wildman–Crippen LogP) is 3.26. The van der Waals surface area contributed by atoms with Gasteiger partial charge < -0.3 is 0 Å². The molecule has 0 aromatic carbocycles. The summed E-state index contributed by atoms with van der Waals surface area (Å²) in [4.78, 5) is 4.00. The minimum Gasteiger partial charge on any atom is -0.289 e. The van der Waals surface area contributed by atoms with E-state index in [1.54, 1.807) is 12.5 Å². The van der Waals surface area contributed by atoms with Gasteiger partial charge in [-0.15, -0.1) is 10.2 Å². The van der Waals surface area contributed by atoms with Crippen molar-refractivity contribution in [1.82, 2.24) is 19.7 Å². The van der Waals surface area contributed by atoms with E-state index in [1.165, 1.54) is 32.1 Å². The summed E-state index contributed by atoms with van der Waals surface area (Å²) in [6.45, 7) is 0. The number of rotatable bonds is 3. The van der Waals surface area contributed by atoms with Crippen LogP contribution in [0.15, 0.2) is 36.9 Å². The van der Waals surface area contributed by atoms with E-state index in [2.05, 4.69) is 27.3 Å². The van der Waals surface area contributed by atoms with Crippen molar-refractivity contribution in [2.75, 3.05) is 0 Å². The lowest BCUT2D eigenvalue weighted by atomic mass is 9.89. The lowest BCUT2D eigenvalue weighted by molar-refractivity contribution is 0.420. The summed E-state index contributed by atoms with van der Waals surface area (Å²) >= 11 is 0. The molecule has 0 unspecified atom stereocenters. The Labute approximate surface area is 113 Å². The van der Waals surface area contributed by atoms with Crippen molar-refractivity contribution in [3.8, 4) is 5.82 Å². The fourth-order valence-electron chi connectivity index (χ4n) is 2.52. The Balaban J connectivity index is 1.67. The molecule has 2 heterocycles. The Morgan fingerprint density at radius 1 is 1.11 bits per heavy atom. The first-order chi connectivity index (χ1) is 9.42. The summed E-state index contributed by atoms with van der Waals surface area (Å²) in [6, 6.07) is 3.97. The second kappa shape index (κ2) is 5.78. The number of aromatic nitrogens is 4. The monoisotopic (exact) mass is 254 g/mol. The van der Waals surface area contributed by atoms with Crippen molar-refractivity contribution in [1.29, 1.82) is 0 Å². The van der Waals surface area contributed by atoms with Crippen molar-refractivity contribution < 1.29 is 0 Å². The summed E-state index contributed by atoms with van der Waals surface area (Å²) < 4.78 is 1.85. The van der Waals surface area contributed by atoms with Crippen molar-refractivity contribution in [2.45, 2.75) is 32.1 Å². The molecule has 0 radical (unpaired) electrons. The van der Waals surface area contributed by atoms with Crippen LogP contribution in [0.5, 0.6) is 0 Å². The third kappa shape index (κ3) is 3.08. The van der Waals surface area contributed by atoms with E-state index < -0.39 is 0 Å². The van der Waals surface area contributed by atoms with Gasteiger partial charge in [-0.05, 0) is 37.0 Å². The van der Waals surface area contributed by atoms with Crippen LogP contribution in [0.2, 0.25) is 0 Å². The maximum atomic E-state index is 4.23. The average Bonchev–Trinajstić information content (AvgIpc) is 3.01. The fourth-order valence-corrected chi connectivity index (χ4v) is 2.52. The number of hydrogen-bond donors (Lipinski definition) is 0. The molecule has 3 rings (SSSR count). The Hall–Kier alpha value is -1.97. The molecule has 2 aromatic rings. The van der Waals surface area contributed by atoms with Crippen LogP contribution >= 0.6 is 0 Å². The quantitative estimate of drug-likeness (QED) is 0.844. The molecule has 98 valence electrons. The van der Waals surface area contributed by atoms with Crippen molar-refractivity contribution in [3.63, 3.8) is 0 Å². The van der Waals surface area contributed by atoms with Crippen LogP contribution in [0.1, 0.15) is 37.8 Å². The van der Waals surface area contributed by atoms with E-state index in [4.69, 9.17) is 0 Å². The van der Waals surface area contributed by atoms with Gasteiger partial charge in [-0.1, -0.05) is 25.3 Å². The maximum Gasteiger partial charge on any atom is 0.160 e. The molecule has 1 saturated carbocycles. The lowest BCUT2D eigenvalue weighted by Crippen LogP contribution is -2.02. The third-order valence-electron chi connectivity index (χ3n) is 3.63. The highest BCUT2D eigenvalue weighted by Gasteiger charge is 2.09. The van der Waals surface area contributed by atoms with Crippen LogP contribution in [-0.4, -0.2) is 19.7 Å². The van der Waals surface area contributed by atoms with Gasteiger partial charge in [0.15, 0.2) is 5.82 Å². The second-order valence-electron chi connectivity index (χ2n) is 5.04. The Kier molecular flexibility index (Phi) is 3.68. The Morgan fingerprint density at radius 2 is 2.00 bits per heavy atom. The fraction of sp³-hybridized carbons (Fsp3) is 0.400. The molecule has 4 nitrogen and oxygen atoms in total. The summed E-state index contributed by atoms with van der Waals surface area (Å²) in [5, 5.41) is 8.44. The Bertz CT molecular complexity index is 522. The number of allylic oxidation sites excluding steroid dienone is 1. The molecule has 0 atom stereocenters. The number of nitrogens with zero attached hydrogens (tertiary/aromatic N) is 4. The second-order valence-corrected chi connectivity index (χ2v) is 5.04. The zero-order valence-electron chi connectivity index (χ0n) is 10.9. The van der Waals surface area contributed by atoms with Gasteiger partial charge in [0.25, 0.3) is 0 Å². The van der Waals surface area contributed by atoms with Crippen LogP contribution in [0.4, 0.5) is 0 Å². The van der Waals surface area contributed by atoms with Gasteiger partial charge in [0.05, 0.1) is 5.69 Å². The molecule has 2 aromatic heterocycles. The first-order valence-corrected chi connectivity index (χ1v) is 6.92. The van der Waals surface area contributed by atoms with Crippen LogP contribution < -0.4 is 0 Å². The molecular formula is C15H18N4. The topological polar surface area (TPSA) is 43.6 Å². The first-order valence-electron chi connectivity index (χ1n) is 6.92. The average molecular weight is 254 g/mol. The minimum absolute atomic E-state index is 0.726. The molecule has 1 aliphatic carbocycles. The smallest absolute Gasteiger partial charge is 0.160 e. The molecule has 0 bridgehead atoms. The van der Waals surface area contributed by atoms with Gasteiger partial charge in [-0.25, -0.2) is 4.98 Å². The summed E-state index contributed by atoms with van der Waals surface area (Å²) in [5.74, 6) is 1.52. The highest BCUT2D eigenvalue weighted by atomic mass is 15.2. The highest BCUT2D eigenvalue weighted by Crippen LogP contribution is 2.25. The van der Waals surface area contributed by atoms with Gasteiger partial charge in [0, 0.05) is 12.4 Å². The third-order valence-corrected chi connectivity index (χ3v) is 3.63. The Morgan fingerprint density at radius 3 is 2.68 bits per heavy atom. The van der Waals surface area contributed by atoms with Gasteiger partial charge >= 0.3 is 0 Å². The number of imidazole rings is 1. The minimum atomic E-state index is 0.726.